The first-order valence-corrected chi connectivity index (χ1v) is 12.8. The summed E-state index contributed by atoms with van der Waals surface area (Å²) in [6.45, 7) is 2.76. The van der Waals surface area contributed by atoms with E-state index < -0.39 is 0 Å². The number of pyridine rings is 2. The van der Waals surface area contributed by atoms with Gasteiger partial charge in [0.05, 0.1) is 40.6 Å². The Bertz CT molecular complexity index is 1710. The van der Waals surface area contributed by atoms with E-state index in [4.69, 9.17) is 4.74 Å². The lowest BCUT2D eigenvalue weighted by atomic mass is 10.00. The highest BCUT2D eigenvalue weighted by atomic mass is 32.1. The maximum absolute atomic E-state index is 13.1. The summed E-state index contributed by atoms with van der Waals surface area (Å²) < 4.78 is 9.41. The molecule has 5 aromatic rings. The highest BCUT2D eigenvalue weighted by molar-refractivity contribution is 7.21. The summed E-state index contributed by atoms with van der Waals surface area (Å²) in [6, 6.07) is 1.74. The van der Waals surface area contributed by atoms with Crippen LogP contribution >= 0.6 is 11.3 Å². The van der Waals surface area contributed by atoms with Crippen molar-refractivity contribution in [3.8, 4) is 10.4 Å². The number of carbonyl (C=O) groups is 1. The Balaban J connectivity index is 1.15. The number of hydrogen-bond donors (Lipinski definition) is 2. The number of thiazole rings is 1. The normalized spacial score (nSPS) is 20.5. The van der Waals surface area contributed by atoms with E-state index in [1.165, 1.54) is 11.3 Å². The van der Waals surface area contributed by atoms with Gasteiger partial charge in [-0.2, -0.15) is 10.2 Å². The Morgan fingerprint density at radius 3 is 3.00 bits per heavy atom. The van der Waals surface area contributed by atoms with Crippen LogP contribution in [0, 0.1) is 0 Å². The van der Waals surface area contributed by atoms with Crippen LogP contribution in [-0.2, 0) is 16.6 Å². The Morgan fingerprint density at radius 1 is 1.28 bits per heavy atom. The standard InChI is InChI=1S/C24H24N8O3S/c1-30-10-14(8-26-30)17-11-32-23(36-17)19-21(29-32)20-16(28-22(19)34)7-15(9-25-20)27-18(33)12-31-5-4-24(13-31)3-2-6-35-24/h7-11H,2-6,12-13H2,1H3,(H,27,33)(H,28,34). The molecule has 0 bridgehead atoms. The zero-order chi connectivity index (χ0) is 24.4. The molecule has 7 heterocycles. The first-order chi connectivity index (χ1) is 17.5. The van der Waals surface area contributed by atoms with E-state index in [2.05, 4.69) is 30.4 Å². The number of carbonyl (C=O) groups excluding carboxylic acids is 1. The van der Waals surface area contributed by atoms with Gasteiger partial charge in [-0.3, -0.25) is 24.2 Å². The molecule has 2 saturated heterocycles. The zero-order valence-electron chi connectivity index (χ0n) is 19.7. The maximum atomic E-state index is 13.1. The second kappa shape index (κ2) is 7.95. The number of ether oxygens (including phenoxy) is 1. The van der Waals surface area contributed by atoms with E-state index in [0.29, 0.717) is 34.2 Å². The molecule has 2 fully saturated rings. The summed E-state index contributed by atoms with van der Waals surface area (Å²) in [5, 5.41) is 12.3. The quantitative estimate of drug-likeness (QED) is 0.385. The van der Waals surface area contributed by atoms with Crippen molar-refractivity contribution in [1.82, 2.24) is 34.3 Å². The van der Waals surface area contributed by atoms with Crippen LogP contribution < -0.4 is 10.9 Å². The van der Waals surface area contributed by atoms with E-state index in [1.54, 1.807) is 27.7 Å². The van der Waals surface area contributed by atoms with Crippen LogP contribution in [0.3, 0.4) is 0 Å². The van der Waals surface area contributed by atoms with Crippen molar-refractivity contribution in [3.05, 3.63) is 41.2 Å². The molecule has 1 spiro atoms. The monoisotopic (exact) mass is 504 g/mol. The van der Waals surface area contributed by atoms with Crippen molar-refractivity contribution >= 4 is 49.7 Å². The molecule has 1 unspecified atom stereocenters. The average Bonchev–Trinajstić information content (AvgIpc) is 3.64. The summed E-state index contributed by atoms with van der Waals surface area (Å²) in [4.78, 5) is 37.1. The predicted molar refractivity (Wildman–Crippen MR) is 136 cm³/mol. The number of hydrogen-bond acceptors (Lipinski definition) is 8. The van der Waals surface area contributed by atoms with Crippen molar-refractivity contribution < 1.29 is 9.53 Å². The maximum Gasteiger partial charge on any atom is 0.261 e. The largest absolute Gasteiger partial charge is 0.374 e. The van der Waals surface area contributed by atoms with Crippen LogP contribution in [0.1, 0.15) is 19.3 Å². The van der Waals surface area contributed by atoms with E-state index in [1.807, 2.05) is 19.4 Å². The highest BCUT2D eigenvalue weighted by Gasteiger charge is 2.41. The van der Waals surface area contributed by atoms with Gasteiger partial charge >= 0.3 is 0 Å². The number of rotatable bonds is 4. The van der Waals surface area contributed by atoms with Crippen LogP contribution in [0.15, 0.2) is 35.6 Å². The predicted octanol–water partition coefficient (Wildman–Crippen LogP) is 2.38. The van der Waals surface area contributed by atoms with Gasteiger partial charge in [0.2, 0.25) is 5.91 Å². The van der Waals surface area contributed by atoms with Gasteiger partial charge in [-0.25, -0.2) is 4.52 Å². The van der Waals surface area contributed by atoms with Crippen LogP contribution in [0.4, 0.5) is 5.69 Å². The molecule has 0 aliphatic carbocycles. The van der Waals surface area contributed by atoms with Gasteiger partial charge in [-0.05, 0) is 25.3 Å². The van der Waals surface area contributed by atoms with Gasteiger partial charge in [0.15, 0.2) is 0 Å². The fourth-order valence-electron chi connectivity index (χ4n) is 5.44. The van der Waals surface area contributed by atoms with Crippen molar-refractivity contribution in [3.63, 3.8) is 0 Å². The summed E-state index contributed by atoms with van der Waals surface area (Å²) in [6.07, 6.45) is 10.4. The summed E-state index contributed by atoms with van der Waals surface area (Å²) >= 11 is 1.48. The zero-order valence-corrected chi connectivity index (χ0v) is 20.5. The van der Waals surface area contributed by atoms with Gasteiger partial charge < -0.3 is 15.0 Å². The van der Waals surface area contributed by atoms with Crippen molar-refractivity contribution in [1.29, 1.82) is 0 Å². The third-order valence-electron chi connectivity index (χ3n) is 7.12. The van der Waals surface area contributed by atoms with Gasteiger partial charge in [0, 0.05) is 44.7 Å². The molecule has 2 aliphatic rings. The first-order valence-electron chi connectivity index (χ1n) is 12.0. The highest BCUT2D eigenvalue weighted by Crippen LogP contribution is 2.35. The Labute approximate surface area is 208 Å². The molecule has 1 amide bonds. The second-order valence-electron chi connectivity index (χ2n) is 9.69. The van der Waals surface area contributed by atoms with Crippen molar-refractivity contribution in [2.75, 3.05) is 31.6 Å². The number of nitrogens with zero attached hydrogens (tertiary/aromatic N) is 6. The number of H-pyrrole nitrogens is 1. The Morgan fingerprint density at radius 2 is 2.19 bits per heavy atom. The molecule has 12 heteroatoms. The lowest BCUT2D eigenvalue weighted by Gasteiger charge is -2.22. The molecular formula is C24H24N8O3S. The number of likely N-dealkylation sites (tertiary alicyclic amines) is 1. The summed E-state index contributed by atoms with van der Waals surface area (Å²) in [5.74, 6) is -0.111. The molecular weight excluding hydrogens is 480 g/mol. The fourth-order valence-corrected chi connectivity index (χ4v) is 6.51. The minimum atomic E-state index is -0.240. The fraction of sp³-hybridized carbons (Fsp3) is 0.375. The minimum Gasteiger partial charge on any atom is -0.374 e. The van der Waals surface area contributed by atoms with Gasteiger partial charge in [-0.1, -0.05) is 0 Å². The molecule has 0 saturated carbocycles. The van der Waals surface area contributed by atoms with Crippen LogP contribution in [0.2, 0.25) is 0 Å². The lowest BCUT2D eigenvalue weighted by molar-refractivity contribution is -0.117. The van der Waals surface area contributed by atoms with Gasteiger partial charge in [0.1, 0.15) is 21.3 Å². The van der Waals surface area contributed by atoms with Crippen LogP contribution in [0.5, 0.6) is 0 Å². The third-order valence-corrected chi connectivity index (χ3v) is 8.27. The SMILES string of the molecule is Cn1cc(-c2cn3nc4c5ncc(NC(=O)CN6CCC7(CCCO7)C6)cc5[nH]c(=O)c4c3s2)cn1. The van der Waals surface area contributed by atoms with Crippen molar-refractivity contribution in [2.24, 2.45) is 7.05 Å². The third kappa shape index (κ3) is 3.52. The number of aromatic nitrogens is 6. The smallest absolute Gasteiger partial charge is 0.261 e. The molecule has 7 rings (SSSR count). The van der Waals surface area contributed by atoms with E-state index in [-0.39, 0.29) is 17.1 Å². The molecule has 36 heavy (non-hydrogen) atoms. The molecule has 1 atom stereocenters. The number of amides is 1. The molecule has 2 aliphatic heterocycles. The lowest BCUT2D eigenvalue weighted by Crippen LogP contribution is -2.36. The summed E-state index contributed by atoms with van der Waals surface area (Å²) in [7, 11) is 1.86. The minimum absolute atomic E-state index is 0.0628. The molecule has 2 N–H and O–H groups in total. The second-order valence-corrected chi connectivity index (χ2v) is 10.7. The molecule has 0 aromatic carbocycles. The molecule has 11 nitrogen and oxygen atoms in total. The van der Waals surface area contributed by atoms with E-state index in [9.17, 15) is 9.59 Å². The Kier molecular flexibility index (Phi) is 4.78. The molecule has 184 valence electrons. The van der Waals surface area contributed by atoms with Gasteiger partial charge in [0.25, 0.3) is 5.56 Å². The molecule has 0 radical (unpaired) electrons. The molecule has 5 aromatic heterocycles. The summed E-state index contributed by atoms with van der Waals surface area (Å²) in [5.41, 5.74) is 2.85. The number of fused-ring (bicyclic) bond motifs is 5. The number of nitrogens with one attached hydrogen (secondary N) is 2. The van der Waals surface area contributed by atoms with Gasteiger partial charge in [-0.15, -0.1) is 11.3 Å². The average molecular weight is 505 g/mol. The van der Waals surface area contributed by atoms with E-state index >= 15 is 0 Å². The first kappa shape index (κ1) is 21.7. The van der Waals surface area contributed by atoms with E-state index in [0.717, 1.165) is 54.2 Å². The van der Waals surface area contributed by atoms with Crippen molar-refractivity contribution in [2.45, 2.75) is 24.9 Å². The Hall–Kier alpha value is -3.61. The topological polar surface area (TPSA) is 122 Å². The number of aromatic amines is 1. The van der Waals surface area contributed by atoms with Crippen LogP contribution in [-0.4, -0.2) is 72.0 Å². The van der Waals surface area contributed by atoms with Crippen LogP contribution in [0.25, 0.3) is 37.2 Å². The number of anilines is 1. The number of aryl methyl sites for hydroxylation is 1.